The van der Waals surface area contributed by atoms with Gasteiger partial charge in [-0.2, -0.15) is 0 Å². The molecule has 7 nitrogen and oxygen atoms in total. The van der Waals surface area contributed by atoms with Gasteiger partial charge in [0, 0.05) is 11.8 Å². The second-order valence-electron chi connectivity index (χ2n) is 6.69. The van der Waals surface area contributed by atoms with E-state index in [0.717, 1.165) is 5.56 Å². The van der Waals surface area contributed by atoms with Crippen LogP contribution in [0.1, 0.15) is 43.2 Å². The van der Waals surface area contributed by atoms with Gasteiger partial charge in [0.15, 0.2) is 23.3 Å². The monoisotopic (exact) mass is 444 g/mol. The fraction of sp³-hybridized carbons (Fsp3) is 0.350. The first-order valence-corrected chi connectivity index (χ1v) is 9.38. The minimum absolute atomic E-state index is 0.0334. The van der Waals surface area contributed by atoms with Gasteiger partial charge in [-0.3, -0.25) is 4.79 Å². The Labute approximate surface area is 174 Å². The van der Waals surface area contributed by atoms with Crippen LogP contribution in [0, 0.1) is 33.4 Å². The smallest absolute Gasteiger partial charge is 0.311 e. The molecule has 2 rings (SSSR count). The molecule has 0 bridgehead atoms. The van der Waals surface area contributed by atoms with Crippen LogP contribution in [0.2, 0.25) is 0 Å². The molecule has 11 heteroatoms. The minimum atomic E-state index is -1.65. The lowest BCUT2D eigenvalue weighted by Crippen LogP contribution is -2.15. The highest BCUT2D eigenvalue weighted by Gasteiger charge is 2.25. The Kier molecular flexibility index (Phi) is 8.17. The van der Waals surface area contributed by atoms with Crippen LogP contribution in [-0.4, -0.2) is 22.8 Å². The van der Waals surface area contributed by atoms with E-state index in [1.807, 2.05) is 6.92 Å². The zero-order chi connectivity index (χ0) is 23.1. The highest BCUT2D eigenvalue weighted by atomic mass is 19.2. The minimum Gasteiger partial charge on any atom is -0.481 e. The maximum Gasteiger partial charge on any atom is 0.311 e. The van der Waals surface area contributed by atoms with Crippen molar-refractivity contribution < 1.29 is 37.4 Å². The van der Waals surface area contributed by atoms with Crippen molar-refractivity contribution in [1.82, 2.24) is 0 Å². The average Bonchev–Trinajstić information content (AvgIpc) is 2.72. The first-order valence-electron chi connectivity index (χ1n) is 9.38. The molecule has 0 saturated carbocycles. The number of aryl methyl sites for hydroxylation is 1. The van der Waals surface area contributed by atoms with Crippen molar-refractivity contribution in [3.05, 3.63) is 68.8 Å². The maximum absolute atomic E-state index is 14.1. The third-order valence-electron chi connectivity index (χ3n) is 4.65. The van der Waals surface area contributed by atoms with Crippen LogP contribution in [0.5, 0.6) is 0 Å². The summed E-state index contributed by atoms with van der Waals surface area (Å²) in [5, 5.41) is 21.2. The summed E-state index contributed by atoms with van der Waals surface area (Å²) in [4.78, 5) is 26.3. The molecule has 0 spiro atoms. The number of unbranched alkanes of at least 4 members (excludes halogenated alkanes) is 1. The molecule has 0 aliphatic carbocycles. The van der Waals surface area contributed by atoms with Crippen LogP contribution < -0.4 is 5.32 Å². The standard InChI is InChI=1S/C20H20F4N2O5/c1-2-11-6-7-16(25-19-17(23)14(21)10-15(22)18(19)24)13(9-11)12(20(27)28)5-3-4-8-31-26(29)30/h6-7,9-10,12,25H,2-5,8H2,1H3,(H,27,28). The first kappa shape index (κ1) is 23.9. The van der Waals surface area contributed by atoms with Crippen LogP contribution in [0.25, 0.3) is 0 Å². The number of nitrogens with one attached hydrogen (secondary N) is 1. The number of benzene rings is 2. The van der Waals surface area contributed by atoms with Gasteiger partial charge in [0.2, 0.25) is 0 Å². The van der Waals surface area contributed by atoms with Gasteiger partial charge in [-0.1, -0.05) is 25.5 Å². The number of anilines is 2. The summed E-state index contributed by atoms with van der Waals surface area (Å²) in [5.74, 6) is -8.88. The molecule has 2 N–H and O–H groups in total. The van der Waals surface area contributed by atoms with Crippen LogP contribution in [0.3, 0.4) is 0 Å². The molecular formula is C20H20F4N2O5. The van der Waals surface area contributed by atoms with Gasteiger partial charge >= 0.3 is 5.97 Å². The van der Waals surface area contributed by atoms with E-state index in [2.05, 4.69) is 10.2 Å². The summed E-state index contributed by atoms with van der Waals surface area (Å²) < 4.78 is 55.3. The van der Waals surface area contributed by atoms with Crippen LogP contribution in [-0.2, 0) is 16.1 Å². The molecule has 31 heavy (non-hydrogen) atoms. The van der Waals surface area contributed by atoms with Crippen molar-refractivity contribution in [2.24, 2.45) is 0 Å². The van der Waals surface area contributed by atoms with Crippen molar-refractivity contribution in [1.29, 1.82) is 0 Å². The maximum atomic E-state index is 14.1. The molecule has 0 saturated heterocycles. The molecule has 0 aromatic heterocycles. The van der Waals surface area contributed by atoms with Gasteiger partial charge < -0.3 is 15.3 Å². The van der Waals surface area contributed by atoms with E-state index in [4.69, 9.17) is 0 Å². The molecule has 0 heterocycles. The lowest BCUT2D eigenvalue weighted by Gasteiger charge is -2.20. The van der Waals surface area contributed by atoms with Crippen molar-refractivity contribution in [2.75, 3.05) is 11.9 Å². The van der Waals surface area contributed by atoms with E-state index in [0.29, 0.717) is 6.42 Å². The molecule has 0 amide bonds. The quantitative estimate of drug-likeness (QED) is 0.164. The third-order valence-corrected chi connectivity index (χ3v) is 4.65. The van der Waals surface area contributed by atoms with Gasteiger partial charge in [-0.05, 0) is 36.5 Å². The molecule has 2 aromatic carbocycles. The molecule has 2 aromatic rings. The number of nitrogens with zero attached hydrogens (tertiary/aromatic N) is 1. The van der Waals surface area contributed by atoms with Gasteiger partial charge in [-0.25, -0.2) is 17.6 Å². The zero-order valence-corrected chi connectivity index (χ0v) is 16.5. The highest BCUT2D eigenvalue weighted by molar-refractivity contribution is 5.80. The number of rotatable bonds is 11. The van der Waals surface area contributed by atoms with Crippen LogP contribution in [0.4, 0.5) is 28.9 Å². The summed E-state index contributed by atoms with van der Waals surface area (Å²) >= 11 is 0. The Morgan fingerprint density at radius 3 is 2.35 bits per heavy atom. The summed E-state index contributed by atoms with van der Waals surface area (Å²) in [6, 6.07) is 4.56. The molecule has 1 atom stereocenters. The molecule has 168 valence electrons. The van der Waals surface area contributed by atoms with Crippen LogP contribution >= 0.6 is 0 Å². The molecule has 0 fully saturated rings. The summed E-state index contributed by atoms with van der Waals surface area (Å²) in [7, 11) is 0. The predicted octanol–water partition coefficient (Wildman–Crippen LogP) is 5.10. The Balaban J connectivity index is 2.38. The Hall–Kier alpha value is -3.37. The fourth-order valence-electron chi connectivity index (χ4n) is 3.05. The summed E-state index contributed by atoms with van der Waals surface area (Å²) in [6.45, 7) is 1.61. The average molecular weight is 444 g/mol. The fourth-order valence-corrected chi connectivity index (χ4v) is 3.05. The van der Waals surface area contributed by atoms with Gasteiger partial charge in [-0.15, -0.1) is 10.1 Å². The van der Waals surface area contributed by atoms with Crippen molar-refractivity contribution in [3.63, 3.8) is 0 Å². The summed E-state index contributed by atoms with van der Waals surface area (Å²) in [6.07, 6.45) is 1.03. The second kappa shape index (κ2) is 10.6. The normalized spacial score (nSPS) is 11.8. The summed E-state index contributed by atoms with van der Waals surface area (Å²) in [5.41, 5.74) is -0.221. The van der Waals surface area contributed by atoms with E-state index >= 15 is 0 Å². The lowest BCUT2D eigenvalue weighted by atomic mass is 9.90. The third kappa shape index (κ3) is 6.06. The van der Waals surface area contributed by atoms with Crippen molar-refractivity contribution in [2.45, 2.75) is 38.5 Å². The molecule has 0 aliphatic heterocycles. The largest absolute Gasteiger partial charge is 0.481 e. The Bertz CT molecular complexity index is 945. The van der Waals surface area contributed by atoms with Gasteiger partial charge in [0.1, 0.15) is 5.69 Å². The molecule has 0 aliphatic rings. The molecule has 1 unspecified atom stereocenters. The van der Waals surface area contributed by atoms with E-state index in [-0.39, 0.29) is 43.2 Å². The molecular weight excluding hydrogens is 424 g/mol. The topological polar surface area (TPSA) is 102 Å². The highest BCUT2D eigenvalue weighted by Crippen LogP contribution is 2.34. The number of carboxylic acids is 1. The number of halogens is 4. The lowest BCUT2D eigenvalue weighted by molar-refractivity contribution is -0.757. The van der Waals surface area contributed by atoms with E-state index in [1.54, 1.807) is 6.07 Å². The van der Waals surface area contributed by atoms with Crippen LogP contribution in [0.15, 0.2) is 24.3 Å². The first-order chi connectivity index (χ1) is 14.6. The number of carboxylic acid groups (broad SMARTS) is 1. The number of carbonyl (C=O) groups is 1. The SMILES string of the molecule is CCc1ccc(Nc2c(F)c(F)cc(F)c2F)c(C(CCCCO[N+](=O)[O-])C(=O)O)c1. The number of hydrogen-bond acceptors (Lipinski definition) is 5. The Morgan fingerprint density at radius 2 is 1.81 bits per heavy atom. The van der Waals surface area contributed by atoms with E-state index in [9.17, 15) is 37.6 Å². The Morgan fingerprint density at radius 1 is 1.16 bits per heavy atom. The predicted molar refractivity (Wildman–Crippen MR) is 103 cm³/mol. The van der Waals surface area contributed by atoms with Gasteiger partial charge in [0.25, 0.3) is 5.09 Å². The van der Waals surface area contributed by atoms with Gasteiger partial charge in [0.05, 0.1) is 12.5 Å². The molecule has 0 radical (unpaired) electrons. The number of hydrogen-bond donors (Lipinski definition) is 2. The van der Waals surface area contributed by atoms with E-state index in [1.165, 1.54) is 12.1 Å². The van der Waals surface area contributed by atoms with E-state index < -0.39 is 45.9 Å². The zero-order valence-electron chi connectivity index (χ0n) is 16.5. The van der Waals surface area contributed by atoms with Crippen molar-refractivity contribution in [3.8, 4) is 0 Å². The second-order valence-corrected chi connectivity index (χ2v) is 6.69. The number of aliphatic carboxylic acids is 1. The van der Waals surface area contributed by atoms with Crippen molar-refractivity contribution >= 4 is 17.3 Å².